The maximum Gasteiger partial charge on any atom is 0.336 e. The second-order valence-electron chi connectivity index (χ2n) is 4.87. The third-order valence-corrected chi connectivity index (χ3v) is 3.56. The summed E-state index contributed by atoms with van der Waals surface area (Å²) < 4.78 is 5.30. The molecular weight excluding hydrogens is 254 g/mol. The molecule has 108 valence electrons. The predicted octanol–water partition coefficient (Wildman–Crippen LogP) is 2.17. The van der Waals surface area contributed by atoms with Gasteiger partial charge in [0.2, 0.25) is 0 Å². The fourth-order valence-electron chi connectivity index (χ4n) is 2.36. The van der Waals surface area contributed by atoms with Gasteiger partial charge in [-0.05, 0) is 30.2 Å². The summed E-state index contributed by atoms with van der Waals surface area (Å²) in [5, 5.41) is 10.0. The van der Waals surface area contributed by atoms with E-state index in [0.717, 1.165) is 29.5 Å². The number of aliphatic hydroxyl groups is 1. The lowest BCUT2D eigenvalue weighted by molar-refractivity contribution is 0.197. The van der Waals surface area contributed by atoms with Gasteiger partial charge < -0.3 is 9.52 Å². The van der Waals surface area contributed by atoms with Crippen molar-refractivity contribution in [2.24, 2.45) is 0 Å². The van der Waals surface area contributed by atoms with Crippen LogP contribution in [0.3, 0.4) is 0 Å². The lowest BCUT2D eigenvalue weighted by Crippen LogP contribution is -2.26. The van der Waals surface area contributed by atoms with Crippen molar-refractivity contribution in [3.05, 3.63) is 45.8 Å². The average molecular weight is 275 g/mol. The third-order valence-electron chi connectivity index (χ3n) is 3.56. The zero-order chi connectivity index (χ0) is 14.5. The lowest BCUT2D eigenvalue weighted by Gasteiger charge is -2.19. The minimum atomic E-state index is -0.319. The van der Waals surface area contributed by atoms with Crippen molar-refractivity contribution >= 4 is 11.0 Å². The molecule has 1 heterocycles. The molecule has 0 atom stereocenters. The minimum absolute atomic E-state index is 0.118. The van der Waals surface area contributed by atoms with E-state index in [9.17, 15) is 4.79 Å². The van der Waals surface area contributed by atoms with Crippen molar-refractivity contribution < 1.29 is 9.52 Å². The van der Waals surface area contributed by atoms with Gasteiger partial charge in [-0.25, -0.2) is 4.79 Å². The summed E-state index contributed by atoms with van der Waals surface area (Å²) in [7, 11) is 0. The summed E-state index contributed by atoms with van der Waals surface area (Å²) in [5.41, 5.74) is 2.43. The summed E-state index contributed by atoms with van der Waals surface area (Å²) >= 11 is 0. The third kappa shape index (κ3) is 3.26. The van der Waals surface area contributed by atoms with E-state index in [2.05, 4.69) is 17.9 Å². The average Bonchev–Trinajstić information content (AvgIpc) is 2.45. The van der Waals surface area contributed by atoms with Crippen molar-refractivity contribution in [1.82, 2.24) is 4.90 Å². The Morgan fingerprint density at radius 3 is 2.70 bits per heavy atom. The predicted molar refractivity (Wildman–Crippen MR) is 79.9 cm³/mol. The van der Waals surface area contributed by atoms with Crippen LogP contribution in [0, 0.1) is 0 Å². The van der Waals surface area contributed by atoms with Crippen LogP contribution in [0.25, 0.3) is 11.0 Å². The first kappa shape index (κ1) is 14.8. The van der Waals surface area contributed by atoms with Crippen molar-refractivity contribution in [1.29, 1.82) is 0 Å². The molecule has 0 saturated heterocycles. The van der Waals surface area contributed by atoms with Gasteiger partial charge in [-0.1, -0.05) is 26.0 Å². The smallest absolute Gasteiger partial charge is 0.336 e. The molecule has 0 aliphatic carbocycles. The van der Waals surface area contributed by atoms with E-state index in [0.29, 0.717) is 18.7 Å². The van der Waals surface area contributed by atoms with Crippen LogP contribution in [0.15, 0.2) is 33.5 Å². The molecule has 1 aromatic carbocycles. The number of benzene rings is 1. The maximum atomic E-state index is 11.7. The molecule has 0 amide bonds. The Morgan fingerprint density at radius 1 is 1.25 bits per heavy atom. The largest absolute Gasteiger partial charge is 0.423 e. The number of fused-ring (bicyclic) bond motifs is 1. The van der Waals surface area contributed by atoms with Gasteiger partial charge in [0.05, 0.1) is 6.61 Å². The van der Waals surface area contributed by atoms with E-state index in [1.54, 1.807) is 6.07 Å². The zero-order valence-electron chi connectivity index (χ0n) is 12.1. The monoisotopic (exact) mass is 275 g/mol. The van der Waals surface area contributed by atoms with Gasteiger partial charge in [-0.2, -0.15) is 0 Å². The Labute approximate surface area is 118 Å². The Balaban J connectivity index is 2.44. The van der Waals surface area contributed by atoms with Crippen LogP contribution in [0.5, 0.6) is 0 Å². The number of hydrogen-bond acceptors (Lipinski definition) is 4. The first-order chi connectivity index (χ1) is 9.67. The second kappa shape index (κ2) is 6.68. The SMILES string of the molecule is CCc1ccc2c(CN(CC)CCO)cc(=O)oc2c1. The van der Waals surface area contributed by atoms with Crippen LogP contribution in [-0.4, -0.2) is 29.7 Å². The van der Waals surface area contributed by atoms with E-state index in [1.165, 1.54) is 0 Å². The number of hydrogen-bond donors (Lipinski definition) is 1. The maximum absolute atomic E-state index is 11.7. The highest BCUT2D eigenvalue weighted by molar-refractivity contribution is 5.80. The molecule has 0 aliphatic rings. The lowest BCUT2D eigenvalue weighted by atomic mass is 10.1. The van der Waals surface area contributed by atoms with E-state index < -0.39 is 0 Å². The first-order valence-electron chi connectivity index (χ1n) is 7.06. The summed E-state index contributed by atoms with van der Waals surface area (Å²) in [6.45, 7) is 6.31. The molecule has 4 heteroatoms. The fourth-order valence-corrected chi connectivity index (χ4v) is 2.36. The topological polar surface area (TPSA) is 53.7 Å². The van der Waals surface area contributed by atoms with Gasteiger partial charge in [-0.3, -0.25) is 4.90 Å². The summed E-state index contributed by atoms with van der Waals surface area (Å²) in [6, 6.07) is 7.56. The summed E-state index contributed by atoms with van der Waals surface area (Å²) in [6.07, 6.45) is 0.912. The van der Waals surface area contributed by atoms with E-state index in [-0.39, 0.29) is 12.2 Å². The van der Waals surface area contributed by atoms with E-state index >= 15 is 0 Å². The molecule has 0 radical (unpaired) electrons. The van der Waals surface area contributed by atoms with Crippen molar-refractivity contribution in [2.45, 2.75) is 26.8 Å². The number of nitrogens with zero attached hydrogens (tertiary/aromatic N) is 1. The molecule has 0 aliphatic heterocycles. The van der Waals surface area contributed by atoms with Gasteiger partial charge in [0.1, 0.15) is 5.58 Å². The molecule has 4 nitrogen and oxygen atoms in total. The van der Waals surface area contributed by atoms with Gasteiger partial charge in [0.15, 0.2) is 0 Å². The van der Waals surface area contributed by atoms with E-state index in [1.807, 2.05) is 19.1 Å². The van der Waals surface area contributed by atoms with Crippen LogP contribution in [0.2, 0.25) is 0 Å². The number of aliphatic hydroxyl groups excluding tert-OH is 1. The first-order valence-corrected chi connectivity index (χ1v) is 7.06. The minimum Gasteiger partial charge on any atom is -0.423 e. The normalized spacial score (nSPS) is 11.4. The van der Waals surface area contributed by atoms with Crippen molar-refractivity contribution in [3.63, 3.8) is 0 Å². The van der Waals surface area contributed by atoms with Gasteiger partial charge in [-0.15, -0.1) is 0 Å². The van der Waals surface area contributed by atoms with Crippen molar-refractivity contribution in [2.75, 3.05) is 19.7 Å². The highest BCUT2D eigenvalue weighted by Crippen LogP contribution is 2.20. The Kier molecular flexibility index (Phi) is 4.93. The van der Waals surface area contributed by atoms with Gasteiger partial charge in [0, 0.05) is 24.5 Å². The Hall–Kier alpha value is -1.65. The fraction of sp³-hybridized carbons (Fsp3) is 0.438. The summed E-state index contributed by atoms with van der Waals surface area (Å²) in [4.78, 5) is 13.8. The molecule has 1 N–H and O–H groups in total. The molecule has 0 saturated carbocycles. The van der Waals surface area contributed by atoms with Crippen LogP contribution in [0.4, 0.5) is 0 Å². The molecule has 0 spiro atoms. The van der Waals surface area contributed by atoms with Crippen LogP contribution < -0.4 is 5.63 Å². The van der Waals surface area contributed by atoms with Gasteiger partial charge >= 0.3 is 5.63 Å². The quantitative estimate of drug-likeness (QED) is 0.821. The molecular formula is C16H21NO3. The standard InChI is InChI=1S/C16H21NO3/c1-3-12-5-6-14-13(11-17(4-2)7-8-18)10-16(19)20-15(14)9-12/h5-6,9-10,18H,3-4,7-8,11H2,1-2H3. The Morgan fingerprint density at radius 2 is 2.05 bits per heavy atom. The van der Waals surface area contributed by atoms with Crippen LogP contribution in [0.1, 0.15) is 25.0 Å². The molecule has 2 rings (SSSR count). The second-order valence-corrected chi connectivity index (χ2v) is 4.87. The van der Waals surface area contributed by atoms with Crippen molar-refractivity contribution in [3.8, 4) is 0 Å². The molecule has 0 fully saturated rings. The Bertz CT molecular complexity index is 633. The number of rotatable bonds is 6. The van der Waals surface area contributed by atoms with E-state index in [4.69, 9.17) is 9.52 Å². The molecule has 1 aromatic heterocycles. The van der Waals surface area contributed by atoms with Crippen LogP contribution in [-0.2, 0) is 13.0 Å². The number of likely N-dealkylation sites (N-methyl/N-ethyl adjacent to an activating group) is 1. The van der Waals surface area contributed by atoms with Gasteiger partial charge in [0.25, 0.3) is 0 Å². The zero-order valence-corrected chi connectivity index (χ0v) is 12.1. The summed E-state index contributed by atoms with van der Waals surface area (Å²) in [5.74, 6) is 0. The van der Waals surface area contributed by atoms with Crippen LogP contribution >= 0.6 is 0 Å². The highest BCUT2D eigenvalue weighted by Gasteiger charge is 2.10. The number of aryl methyl sites for hydroxylation is 1. The molecule has 20 heavy (non-hydrogen) atoms. The molecule has 0 unspecified atom stereocenters. The molecule has 2 aromatic rings. The highest BCUT2D eigenvalue weighted by atomic mass is 16.4. The molecule has 0 bridgehead atoms.